The van der Waals surface area contributed by atoms with Gasteiger partial charge in [-0.05, 0) is 19.1 Å². The first-order chi connectivity index (χ1) is 13.1. The number of carbonyl (C=O) groups excluding carboxylic acids is 1. The van der Waals surface area contributed by atoms with Crippen molar-refractivity contribution in [2.75, 3.05) is 44.2 Å². The summed E-state index contributed by atoms with van der Waals surface area (Å²) in [5.74, 6) is 0.0651. The van der Waals surface area contributed by atoms with Gasteiger partial charge in [-0.1, -0.05) is 0 Å². The molecule has 2 unspecified atom stereocenters. The van der Waals surface area contributed by atoms with Crippen LogP contribution in [0.5, 0.6) is 0 Å². The van der Waals surface area contributed by atoms with Gasteiger partial charge in [0, 0.05) is 44.3 Å². The molecular weight excluding hydrogens is 344 g/mol. The number of morpholine rings is 1. The Morgan fingerprint density at radius 2 is 2.30 bits per heavy atom. The summed E-state index contributed by atoms with van der Waals surface area (Å²) in [6, 6.07) is 5.97. The Balaban J connectivity index is 1.58. The number of piperazine rings is 1. The van der Waals surface area contributed by atoms with Crippen molar-refractivity contribution >= 4 is 22.5 Å². The van der Waals surface area contributed by atoms with Crippen molar-refractivity contribution in [2.45, 2.75) is 19.1 Å². The fraction of sp³-hybridized carbons (Fsp3) is 0.474. The standard InChI is InChI=1S/C19H22N6O2/c1-13-9-25(11-14(27-13)10-24-6-5-21-18(26)12-24)17-8-23-16(7-20)19-15(17)3-2-4-22-19/h2-4,8,13-14H,5-6,9-12H2,1H3,(H,21,26). The molecule has 2 aliphatic heterocycles. The molecule has 8 nitrogen and oxygen atoms in total. The molecule has 27 heavy (non-hydrogen) atoms. The van der Waals surface area contributed by atoms with E-state index in [4.69, 9.17) is 4.74 Å². The van der Waals surface area contributed by atoms with E-state index >= 15 is 0 Å². The average molecular weight is 366 g/mol. The zero-order chi connectivity index (χ0) is 18.8. The summed E-state index contributed by atoms with van der Waals surface area (Å²) in [7, 11) is 0. The lowest BCUT2D eigenvalue weighted by Crippen LogP contribution is -2.55. The monoisotopic (exact) mass is 366 g/mol. The summed E-state index contributed by atoms with van der Waals surface area (Å²) in [6.45, 7) is 6.16. The van der Waals surface area contributed by atoms with E-state index in [1.54, 1.807) is 12.4 Å². The minimum Gasteiger partial charge on any atom is -0.370 e. The molecule has 140 valence electrons. The van der Waals surface area contributed by atoms with Gasteiger partial charge in [-0.3, -0.25) is 14.7 Å². The summed E-state index contributed by atoms with van der Waals surface area (Å²) in [6.07, 6.45) is 3.50. The van der Waals surface area contributed by atoms with Crippen molar-refractivity contribution in [1.29, 1.82) is 5.26 Å². The minimum absolute atomic E-state index is 0.00187. The molecule has 4 heterocycles. The van der Waals surface area contributed by atoms with Crippen LogP contribution in [0.4, 0.5) is 5.69 Å². The third-order valence-corrected chi connectivity index (χ3v) is 4.98. The Kier molecular flexibility index (Phi) is 4.88. The van der Waals surface area contributed by atoms with Crippen LogP contribution in [0.1, 0.15) is 12.6 Å². The first kappa shape index (κ1) is 17.6. The number of ether oxygens (including phenoxy) is 1. The molecule has 0 aromatic carbocycles. The van der Waals surface area contributed by atoms with E-state index in [1.807, 2.05) is 12.1 Å². The Bertz CT molecular complexity index is 895. The maximum atomic E-state index is 11.6. The molecule has 2 saturated heterocycles. The highest BCUT2D eigenvalue weighted by Gasteiger charge is 2.29. The highest BCUT2D eigenvalue weighted by molar-refractivity contribution is 5.93. The highest BCUT2D eigenvalue weighted by atomic mass is 16.5. The van der Waals surface area contributed by atoms with Gasteiger partial charge < -0.3 is 15.0 Å². The molecule has 1 amide bonds. The fourth-order valence-electron chi connectivity index (χ4n) is 3.87. The summed E-state index contributed by atoms with van der Waals surface area (Å²) < 4.78 is 6.13. The first-order valence-electron chi connectivity index (χ1n) is 9.17. The predicted octanol–water partition coefficient (Wildman–Crippen LogP) is 0.527. The van der Waals surface area contributed by atoms with Crippen LogP contribution in [0, 0.1) is 11.3 Å². The number of anilines is 1. The Morgan fingerprint density at radius 1 is 1.41 bits per heavy atom. The lowest BCUT2D eigenvalue weighted by atomic mass is 10.1. The molecule has 2 aromatic heterocycles. The molecule has 2 atom stereocenters. The lowest BCUT2D eigenvalue weighted by Gasteiger charge is -2.40. The number of hydrogen-bond donors (Lipinski definition) is 1. The van der Waals surface area contributed by atoms with Gasteiger partial charge in [-0.2, -0.15) is 5.26 Å². The third-order valence-electron chi connectivity index (χ3n) is 4.98. The van der Waals surface area contributed by atoms with Crippen molar-refractivity contribution in [3.8, 4) is 6.07 Å². The van der Waals surface area contributed by atoms with Gasteiger partial charge in [0.05, 0.1) is 30.6 Å². The van der Waals surface area contributed by atoms with E-state index in [0.717, 1.165) is 24.2 Å². The van der Waals surface area contributed by atoms with E-state index < -0.39 is 0 Å². The number of hydrogen-bond acceptors (Lipinski definition) is 7. The normalized spacial score (nSPS) is 23.9. The Hall–Kier alpha value is -2.76. The third kappa shape index (κ3) is 3.70. The molecule has 2 fully saturated rings. The van der Waals surface area contributed by atoms with Crippen LogP contribution in [0.15, 0.2) is 24.5 Å². The lowest BCUT2D eigenvalue weighted by molar-refractivity contribution is -0.125. The molecule has 0 bridgehead atoms. The molecule has 4 rings (SSSR count). The average Bonchev–Trinajstić information content (AvgIpc) is 2.66. The fourth-order valence-corrected chi connectivity index (χ4v) is 3.87. The summed E-state index contributed by atoms with van der Waals surface area (Å²) in [5.41, 5.74) is 1.93. The van der Waals surface area contributed by atoms with Gasteiger partial charge in [0.25, 0.3) is 0 Å². The maximum absolute atomic E-state index is 11.6. The molecule has 2 aliphatic rings. The molecule has 8 heteroatoms. The smallest absolute Gasteiger partial charge is 0.234 e. The molecule has 0 aliphatic carbocycles. The number of nitrogens with one attached hydrogen (secondary N) is 1. The summed E-state index contributed by atoms with van der Waals surface area (Å²) in [5, 5.41) is 13.1. The van der Waals surface area contributed by atoms with Crippen molar-refractivity contribution in [3.05, 3.63) is 30.2 Å². The second kappa shape index (κ2) is 7.47. The molecule has 2 aromatic rings. The van der Waals surface area contributed by atoms with Crippen molar-refractivity contribution in [2.24, 2.45) is 0 Å². The molecular formula is C19H22N6O2. The van der Waals surface area contributed by atoms with Crippen LogP contribution < -0.4 is 10.2 Å². The van der Waals surface area contributed by atoms with Crippen molar-refractivity contribution < 1.29 is 9.53 Å². The van der Waals surface area contributed by atoms with E-state index in [9.17, 15) is 10.1 Å². The van der Waals surface area contributed by atoms with Gasteiger partial charge in [0.15, 0.2) is 5.69 Å². The number of aromatic nitrogens is 2. The van der Waals surface area contributed by atoms with Gasteiger partial charge in [-0.25, -0.2) is 4.98 Å². The molecule has 1 N–H and O–H groups in total. The van der Waals surface area contributed by atoms with Crippen LogP contribution in [-0.4, -0.2) is 72.3 Å². The van der Waals surface area contributed by atoms with Crippen LogP contribution in [0.3, 0.4) is 0 Å². The number of nitrogens with zero attached hydrogens (tertiary/aromatic N) is 5. The SMILES string of the molecule is CC1CN(c2cnc(C#N)c3ncccc23)CC(CN2CCNC(=O)C2)O1. The first-order valence-corrected chi connectivity index (χ1v) is 9.17. The minimum atomic E-state index is 0.00187. The topological polar surface area (TPSA) is 94.4 Å². The van der Waals surface area contributed by atoms with Gasteiger partial charge >= 0.3 is 0 Å². The highest BCUT2D eigenvalue weighted by Crippen LogP contribution is 2.29. The van der Waals surface area contributed by atoms with Gasteiger partial charge in [0.2, 0.25) is 5.91 Å². The number of fused-ring (bicyclic) bond motifs is 1. The maximum Gasteiger partial charge on any atom is 0.234 e. The van der Waals surface area contributed by atoms with E-state index in [0.29, 0.717) is 37.4 Å². The number of amides is 1. The van der Waals surface area contributed by atoms with Gasteiger partial charge in [0.1, 0.15) is 11.6 Å². The quantitative estimate of drug-likeness (QED) is 0.846. The predicted molar refractivity (Wildman–Crippen MR) is 100 cm³/mol. The van der Waals surface area contributed by atoms with E-state index in [2.05, 4.69) is 38.1 Å². The molecule has 0 spiro atoms. The Labute approximate surface area is 157 Å². The van der Waals surface area contributed by atoms with Gasteiger partial charge in [-0.15, -0.1) is 0 Å². The zero-order valence-corrected chi connectivity index (χ0v) is 15.3. The summed E-state index contributed by atoms with van der Waals surface area (Å²) >= 11 is 0. The Morgan fingerprint density at radius 3 is 3.11 bits per heavy atom. The van der Waals surface area contributed by atoms with E-state index in [1.165, 1.54) is 0 Å². The number of carbonyl (C=O) groups is 1. The van der Waals surface area contributed by atoms with E-state index in [-0.39, 0.29) is 18.1 Å². The zero-order valence-electron chi connectivity index (χ0n) is 15.3. The van der Waals surface area contributed by atoms with Crippen LogP contribution in [0.2, 0.25) is 0 Å². The van der Waals surface area contributed by atoms with Crippen molar-refractivity contribution in [1.82, 2.24) is 20.2 Å². The second-order valence-corrected chi connectivity index (χ2v) is 7.06. The van der Waals surface area contributed by atoms with Crippen molar-refractivity contribution in [3.63, 3.8) is 0 Å². The summed E-state index contributed by atoms with van der Waals surface area (Å²) in [4.78, 5) is 24.7. The van der Waals surface area contributed by atoms with Crippen LogP contribution in [-0.2, 0) is 9.53 Å². The largest absolute Gasteiger partial charge is 0.370 e. The molecule has 0 radical (unpaired) electrons. The number of rotatable bonds is 3. The van der Waals surface area contributed by atoms with Crippen LogP contribution >= 0.6 is 0 Å². The van der Waals surface area contributed by atoms with Crippen LogP contribution in [0.25, 0.3) is 10.9 Å². The molecule has 0 saturated carbocycles. The second-order valence-electron chi connectivity index (χ2n) is 7.06. The number of nitriles is 1. The number of pyridine rings is 2.